The molecule has 18 heavy (non-hydrogen) atoms. The lowest BCUT2D eigenvalue weighted by Gasteiger charge is -2.35. The highest BCUT2D eigenvalue weighted by Crippen LogP contribution is 2.18. The van der Waals surface area contributed by atoms with Crippen molar-refractivity contribution >= 4 is 28.3 Å². The maximum Gasteiger partial charge on any atom is 0.401 e. The quantitative estimate of drug-likeness (QED) is 0.450. The van der Waals surface area contributed by atoms with Crippen LogP contribution in [0.25, 0.3) is 0 Å². The second kappa shape index (κ2) is 6.19. The maximum atomic E-state index is 12.1. The fourth-order valence-electron chi connectivity index (χ4n) is 1.56. The van der Waals surface area contributed by atoms with Crippen LogP contribution in [-0.2, 0) is 4.79 Å². The van der Waals surface area contributed by atoms with Crippen molar-refractivity contribution in [2.45, 2.75) is 6.18 Å². The average molecular weight is 282 g/mol. The Morgan fingerprint density at radius 1 is 1.22 bits per heavy atom. The molecule has 0 unspecified atom stereocenters. The Kier molecular flexibility index (Phi) is 5.15. The third kappa shape index (κ3) is 5.05. The molecule has 0 aromatic carbocycles. The lowest BCUT2D eigenvalue weighted by molar-refractivity contribution is -0.148. The minimum Gasteiger partial charge on any atom is -0.349 e. The van der Waals surface area contributed by atoms with Gasteiger partial charge in [0.05, 0.1) is 6.54 Å². The minimum absolute atomic E-state index is 0.0266. The number of hydrogen-bond donors (Lipinski definition) is 2. The van der Waals surface area contributed by atoms with Crippen LogP contribution in [0.4, 0.5) is 13.2 Å². The van der Waals surface area contributed by atoms with E-state index in [-0.39, 0.29) is 23.3 Å². The van der Waals surface area contributed by atoms with Gasteiger partial charge in [0, 0.05) is 26.2 Å². The standard InChI is InChI=1S/C9H13F3N4OS/c10-9(11,12)6-15-1-3-16(4-2-15)8(14)18-7(13)5-17/h5,13-14H,1-4,6H2. The summed E-state index contributed by atoms with van der Waals surface area (Å²) in [5, 5.41) is 14.5. The number of amidine groups is 1. The van der Waals surface area contributed by atoms with Gasteiger partial charge in [0.2, 0.25) is 0 Å². The largest absolute Gasteiger partial charge is 0.401 e. The maximum absolute atomic E-state index is 12.1. The van der Waals surface area contributed by atoms with Crippen LogP contribution in [0.5, 0.6) is 0 Å². The molecule has 102 valence electrons. The number of aldehydes is 1. The fraction of sp³-hybridized carbons (Fsp3) is 0.667. The van der Waals surface area contributed by atoms with Crippen molar-refractivity contribution in [2.75, 3.05) is 32.7 Å². The molecular weight excluding hydrogens is 269 g/mol. The van der Waals surface area contributed by atoms with E-state index in [0.29, 0.717) is 31.1 Å². The number of piperazine rings is 1. The van der Waals surface area contributed by atoms with E-state index in [4.69, 9.17) is 10.8 Å². The van der Waals surface area contributed by atoms with E-state index in [2.05, 4.69) is 0 Å². The molecule has 0 amide bonds. The number of halogens is 3. The number of carbonyl (C=O) groups excluding carboxylic acids is 1. The zero-order chi connectivity index (χ0) is 13.8. The van der Waals surface area contributed by atoms with Crippen LogP contribution in [0.3, 0.4) is 0 Å². The molecule has 0 spiro atoms. The average Bonchev–Trinajstić information content (AvgIpc) is 2.27. The topological polar surface area (TPSA) is 71.2 Å². The number of nitrogens with zero attached hydrogens (tertiary/aromatic N) is 2. The second-order valence-electron chi connectivity index (χ2n) is 3.77. The van der Waals surface area contributed by atoms with Gasteiger partial charge in [0.1, 0.15) is 5.04 Å². The molecule has 5 nitrogen and oxygen atoms in total. The predicted octanol–water partition coefficient (Wildman–Crippen LogP) is 1.01. The third-order valence-corrected chi connectivity index (χ3v) is 3.14. The number of carbonyl (C=O) groups is 1. The van der Waals surface area contributed by atoms with Crippen LogP contribution >= 0.6 is 11.8 Å². The van der Waals surface area contributed by atoms with Gasteiger partial charge >= 0.3 is 6.18 Å². The van der Waals surface area contributed by atoms with Crippen LogP contribution in [0.15, 0.2) is 0 Å². The van der Waals surface area contributed by atoms with E-state index in [1.165, 1.54) is 4.90 Å². The van der Waals surface area contributed by atoms with Crippen LogP contribution in [-0.4, -0.2) is 65.2 Å². The van der Waals surface area contributed by atoms with Gasteiger partial charge < -0.3 is 4.90 Å². The van der Waals surface area contributed by atoms with Gasteiger partial charge in [-0.05, 0) is 11.8 Å². The van der Waals surface area contributed by atoms with Crippen molar-refractivity contribution in [3.8, 4) is 0 Å². The van der Waals surface area contributed by atoms with Gasteiger partial charge in [-0.15, -0.1) is 0 Å². The summed E-state index contributed by atoms with van der Waals surface area (Å²) >= 11 is 0.704. The van der Waals surface area contributed by atoms with E-state index in [1.54, 1.807) is 4.90 Å². The Labute approximate surface area is 106 Å². The summed E-state index contributed by atoms with van der Waals surface area (Å²) < 4.78 is 36.4. The summed E-state index contributed by atoms with van der Waals surface area (Å²) in [4.78, 5) is 13.1. The first-order valence-electron chi connectivity index (χ1n) is 5.16. The summed E-state index contributed by atoms with van der Waals surface area (Å²) in [6.45, 7) is 0.0985. The van der Waals surface area contributed by atoms with Crippen molar-refractivity contribution in [3.05, 3.63) is 0 Å². The van der Waals surface area contributed by atoms with Gasteiger partial charge in [-0.1, -0.05) is 0 Å². The van der Waals surface area contributed by atoms with Crippen molar-refractivity contribution < 1.29 is 18.0 Å². The van der Waals surface area contributed by atoms with E-state index >= 15 is 0 Å². The molecule has 1 aliphatic heterocycles. The molecule has 9 heteroatoms. The van der Waals surface area contributed by atoms with Crippen molar-refractivity contribution in [2.24, 2.45) is 0 Å². The Morgan fingerprint density at radius 2 is 1.78 bits per heavy atom. The number of rotatable bonds is 2. The molecule has 0 aliphatic carbocycles. The Hall–Kier alpha value is -1.09. The van der Waals surface area contributed by atoms with Crippen molar-refractivity contribution in [1.29, 1.82) is 10.8 Å². The monoisotopic (exact) mass is 282 g/mol. The Bertz CT molecular complexity index is 339. The molecule has 1 saturated heterocycles. The summed E-state index contributed by atoms with van der Waals surface area (Å²) in [6, 6.07) is 0. The number of hydrogen-bond acceptors (Lipinski definition) is 5. The fourth-order valence-corrected chi connectivity index (χ4v) is 2.12. The van der Waals surface area contributed by atoms with E-state index in [1.807, 2.05) is 0 Å². The van der Waals surface area contributed by atoms with Gasteiger partial charge in [-0.3, -0.25) is 20.5 Å². The molecule has 0 aromatic rings. The van der Waals surface area contributed by atoms with E-state index in [9.17, 15) is 18.0 Å². The summed E-state index contributed by atoms with van der Waals surface area (Å²) in [7, 11) is 0. The molecule has 0 saturated carbocycles. The van der Waals surface area contributed by atoms with Gasteiger partial charge in [-0.25, -0.2) is 0 Å². The molecule has 0 aromatic heterocycles. The van der Waals surface area contributed by atoms with Gasteiger partial charge in [-0.2, -0.15) is 13.2 Å². The first-order valence-corrected chi connectivity index (χ1v) is 5.97. The normalized spacial score (nSPS) is 17.6. The predicted molar refractivity (Wildman–Crippen MR) is 63.2 cm³/mol. The lowest BCUT2D eigenvalue weighted by atomic mass is 10.3. The Morgan fingerprint density at radius 3 is 2.22 bits per heavy atom. The number of alkyl halides is 3. The molecule has 1 fully saturated rings. The molecule has 1 rings (SSSR count). The first-order chi connectivity index (χ1) is 8.31. The highest BCUT2D eigenvalue weighted by atomic mass is 32.2. The zero-order valence-electron chi connectivity index (χ0n) is 9.46. The summed E-state index contributed by atoms with van der Waals surface area (Å²) in [5.41, 5.74) is 0. The number of nitrogens with one attached hydrogen (secondary N) is 2. The van der Waals surface area contributed by atoms with Gasteiger partial charge in [0.25, 0.3) is 0 Å². The smallest absolute Gasteiger partial charge is 0.349 e. The van der Waals surface area contributed by atoms with Crippen molar-refractivity contribution in [3.63, 3.8) is 0 Å². The molecule has 2 N–H and O–H groups in total. The molecule has 0 bridgehead atoms. The lowest BCUT2D eigenvalue weighted by Crippen LogP contribution is -2.50. The van der Waals surface area contributed by atoms with E-state index in [0.717, 1.165) is 0 Å². The van der Waals surface area contributed by atoms with E-state index < -0.39 is 12.7 Å². The zero-order valence-corrected chi connectivity index (χ0v) is 10.3. The highest BCUT2D eigenvalue weighted by molar-refractivity contribution is 8.27. The first kappa shape index (κ1) is 15.0. The third-order valence-electron chi connectivity index (χ3n) is 2.38. The van der Waals surface area contributed by atoms with Crippen LogP contribution in [0, 0.1) is 10.8 Å². The molecular formula is C9H13F3N4OS. The molecule has 1 aliphatic rings. The molecule has 0 atom stereocenters. The van der Waals surface area contributed by atoms with Crippen molar-refractivity contribution in [1.82, 2.24) is 9.80 Å². The van der Waals surface area contributed by atoms with Crippen LogP contribution < -0.4 is 0 Å². The highest BCUT2D eigenvalue weighted by Gasteiger charge is 2.32. The number of thioether (sulfide) groups is 1. The minimum atomic E-state index is -4.20. The molecule has 0 radical (unpaired) electrons. The van der Waals surface area contributed by atoms with Gasteiger partial charge in [0.15, 0.2) is 11.5 Å². The second-order valence-corrected chi connectivity index (χ2v) is 4.80. The summed E-state index contributed by atoms with van der Waals surface area (Å²) in [6.07, 6.45) is -3.87. The van der Waals surface area contributed by atoms with Crippen LogP contribution in [0.1, 0.15) is 0 Å². The molecule has 1 heterocycles. The van der Waals surface area contributed by atoms with Crippen LogP contribution in [0.2, 0.25) is 0 Å². The Balaban J connectivity index is 2.37. The summed E-state index contributed by atoms with van der Waals surface area (Å²) in [5.74, 6) is 0. The SMILES string of the molecule is N=C(C=O)SC(=N)N1CCN(CC(F)(F)F)CC1.